The van der Waals surface area contributed by atoms with Gasteiger partial charge >= 0.3 is 6.18 Å². The number of alkyl halides is 3. The lowest BCUT2D eigenvalue weighted by atomic mass is 9.84. The van der Waals surface area contributed by atoms with Crippen LogP contribution in [-0.2, 0) is 11.0 Å². The lowest BCUT2D eigenvalue weighted by Crippen LogP contribution is -2.52. The number of halogens is 4. The average molecular weight is 441 g/mol. The molecule has 0 unspecified atom stereocenters. The van der Waals surface area contributed by atoms with Crippen molar-refractivity contribution in [2.75, 3.05) is 26.2 Å². The van der Waals surface area contributed by atoms with Crippen molar-refractivity contribution in [2.45, 2.75) is 25.4 Å². The molecule has 2 fully saturated rings. The minimum Gasteiger partial charge on any atom is -0.339 e. The fraction of sp³-hybridized carbons (Fsp3) is 0.450. The summed E-state index contributed by atoms with van der Waals surface area (Å²) < 4.78 is 42.2. The molecular formula is C20H20ClF3N4O2. The molecular weight excluding hydrogens is 421 g/mol. The molecule has 4 rings (SSSR count). The summed E-state index contributed by atoms with van der Waals surface area (Å²) in [5.74, 6) is -0.607. The van der Waals surface area contributed by atoms with Crippen molar-refractivity contribution in [3.63, 3.8) is 0 Å². The van der Waals surface area contributed by atoms with Gasteiger partial charge in [-0.2, -0.15) is 18.3 Å². The van der Waals surface area contributed by atoms with Gasteiger partial charge in [0.25, 0.3) is 5.91 Å². The van der Waals surface area contributed by atoms with Crippen LogP contribution in [0, 0.1) is 5.92 Å². The van der Waals surface area contributed by atoms with Crippen LogP contribution in [0.15, 0.2) is 30.5 Å². The molecule has 0 spiro atoms. The molecule has 2 aromatic rings. The predicted molar refractivity (Wildman–Crippen MR) is 103 cm³/mol. The first-order chi connectivity index (χ1) is 14.3. The maximum absolute atomic E-state index is 13.8. The number of piperazine rings is 1. The van der Waals surface area contributed by atoms with Gasteiger partial charge in [0.2, 0.25) is 5.91 Å². The zero-order valence-electron chi connectivity index (χ0n) is 16.0. The van der Waals surface area contributed by atoms with E-state index in [1.165, 1.54) is 29.2 Å². The second kappa shape index (κ2) is 7.94. The molecule has 10 heteroatoms. The van der Waals surface area contributed by atoms with Gasteiger partial charge < -0.3 is 9.80 Å². The van der Waals surface area contributed by atoms with Crippen LogP contribution in [0.2, 0.25) is 5.02 Å². The molecule has 0 bridgehead atoms. The zero-order chi connectivity index (χ0) is 21.5. The van der Waals surface area contributed by atoms with Gasteiger partial charge in [-0.15, -0.1) is 0 Å². The lowest BCUT2D eigenvalue weighted by molar-refractivity contribution is -0.143. The molecule has 0 atom stereocenters. The number of hydrogen-bond acceptors (Lipinski definition) is 3. The van der Waals surface area contributed by atoms with E-state index in [1.807, 2.05) is 0 Å². The summed E-state index contributed by atoms with van der Waals surface area (Å²) in [6.07, 6.45) is -1.03. The summed E-state index contributed by atoms with van der Waals surface area (Å²) in [5, 5.41) is 4.08. The third-order valence-corrected chi connectivity index (χ3v) is 5.89. The second-order valence-electron chi connectivity index (χ2n) is 7.54. The lowest BCUT2D eigenvalue weighted by Gasteiger charge is -2.38. The number of amides is 2. The van der Waals surface area contributed by atoms with Crippen LogP contribution in [0.4, 0.5) is 13.2 Å². The van der Waals surface area contributed by atoms with E-state index >= 15 is 0 Å². The van der Waals surface area contributed by atoms with Gasteiger partial charge in [-0.3, -0.25) is 9.59 Å². The van der Waals surface area contributed by atoms with Crippen molar-refractivity contribution in [3.05, 3.63) is 46.7 Å². The van der Waals surface area contributed by atoms with E-state index in [0.29, 0.717) is 17.8 Å². The molecule has 2 amide bonds. The molecule has 1 aromatic carbocycles. The van der Waals surface area contributed by atoms with E-state index in [4.69, 9.17) is 11.6 Å². The molecule has 1 aliphatic heterocycles. The minimum absolute atomic E-state index is 0.0556. The van der Waals surface area contributed by atoms with Crippen LogP contribution < -0.4 is 0 Å². The molecule has 1 saturated heterocycles. The molecule has 6 nitrogen and oxygen atoms in total. The van der Waals surface area contributed by atoms with Gasteiger partial charge in [0.15, 0.2) is 5.69 Å². The maximum atomic E-state index is 13.8. The average Bonchev–Trinajstić information content (AvgIpc) is 3.12. The Labute approximate surface area is 176 Å². The fourth-order valence-electron chi connectivity index (χ4n) is 3.80. The highest BCUT2D eigenvalue weighted by atomic mass is 35.5. The van der Waals surface area contributed by atoms with Crippen LogP contribution >= 0.6 is 11.6 Å². The number of carbonyl (C=O) groups is 2. The molecule has 1 saturated carbocycles. The van der Waals surface area contributed by atoms with E-state index in [1.54, 1.807) is 4.90 Å². The normalized spacial score (nSPS) is 17.7. The van der Waals surface area contributed by atoms with Gasteiger partial charge in [0, 0.05) is 37.1 Å². The smallest absolute Gasteiger partial charge is 0.339 e. The third-order valence-electron chi connectivity index (χ3n) is 5.65. The first-order valence-corrected chi connectivity index (χ1v) is 10.1. The van der Waals surface area contributed by atoms with Gasteiger partial charge in [0.1, 0.15) is 0 Å². The Hall–Kier alpha value is -2.55. The van der Waals surface area contributed by atoms with E-state index < -0.39 is 23.3 Å². The maximum Gasteiger partial charge on any atom is 0.434 e. The summed E-state index contributed by atoms with van der Waals surface area (Å²) in [4.78, 5) is 28.3. The van der Waals surface area contributed by atoms with Crippen LogP contribution in [0.5, 0.6) is 0 Å². The van der Waals surface area contributed by atoms with Crippen molar-refractivity contribution in [3.8, 4) is 5.69 Å². The van der Waals surface area contributed by atoms with Crippen molar-refractivity contribution < 1.29 is 22.8 Å². The molecule has 1 aliphatic carbocycles. The monoisotopic (exact) mass is 440 g/mol. The SMILES string of the molecule is O=C(c1cnn(-c2cccc(Cl)c2)c1C(F)(F)F)N1CCN(C(=O)C2CCC2)CC1. The Balaban J connectivity index is 1.55. The van der Waals surface area contributed by atoms with Crippen LogP contribution in [0.3, 0.4) is 0 Å². The molecule has 0 N–H and O–H groups in total. The van der Waals surface area contributed by atoms with Crippen LogP contribution in [0.1, 0.15) is 35.3 Å². The summed E-state index contributed by atoms with van der Waals surface area (Å²) in [6.45, 7) is 1.03. The van der Waals surface area contributed by atoms with Gasteiger partial charge in [-0.25, -0.2) is 4.68 Å². The molecule has 0 radical (unpaired) electrons. The molecule has 30 heavy (non-hydrogen) atoms. The van der Waals surface area contributed by atoms with Gasteiger partial charge in [0.05, 0.1) is 17.4 Å². The first kappa shape index (κ1) is 20.7. The highest BCUT2D eigenvalue weighted by Crippen LogP contribution is 2.35. The first-order valence-electron chi connectivity index (χ1n) is 9.75. The largest absolute Gasteiger partial charge is 0.434 e. The Bertz CT molecular complexity index is 963. The number of rotatable bonds is 3. The number of hydrogen-bond donors (Lipinski definition) is 0. The third kappa shape index (κ3) is 3.90. The highest BCUT2D eigenvalue weighted by Gasteiger charge is 2.42. The molecule has 2 aliphatic rings. The summed E-state index contributed by atoms with van der Waals surface area (Å²) in [7, 11) is 0. The summed E-state index contributed by atoms with van der Waals surface area (Å²) in [6, 6.07) is 5.84. The number of nitrogens with zero attached hydrogens (tertiary/aromatic N) is 4. The van der Waals surface area contributed by atoms with E-state index in [2.05, 4.69) is 5.10 Å². The Morgan fingerprint density at radius 1 is 1.07 bits per heavy atom. The highest BCUT2D eigenvalue weighted by molar-refractivity contribution is 6.30. The van der Waals surface area contributed by atoms with Crippen molar-refractivity contribution >= 4 is 23.4 Å². The Morgan fingerprint density at radius 2 is 1.73 bits per heavy atom. The Kier molecular flexibility index (Phi) is 5.48. The topological polar surface area (TPSA) is 58.4 Å². The number of carbonyl (C=O) groups excluding carboxylic acids is 2. The quantitative estimate of drug-likeness (QED) is 0.732. The van der Waals surface area contributed by atoms with Crippen molar-refractivity contribution in [1.29, 1.82) is 0 Å². The number of aromatic nitrogens is 2. The Morgan fingerprint density at radius 3 is 2.30 bits per heavy atom. The van der Waals surface area contributed by atoms with E-state index in [0.717, 1.165) is 25.5 Å². The summed E-state index contributed by atoms with van der Waals surface area (Å²) in [5.41, 5.74) is -1.53. The van der Waals surface area contributed by atoms with Crippen LogP contribution in [0.25, 0.3) is 5.69 Å². The van der Waals surface area contributed by atoms with Crippen molar-refractivity contribution in [2.24, 2.45) is 5.92 Å². The molecule has 1 aromatic heterocycles. The predicted octanol–water partition coefficient (Wildman–Crippen LogP) is 3.63. The van der Waals surface area contributed by atoms with Gasteiger partial charge in [-0.1, -0.05) is 24.1 Å². The molecule has 160 valence electrons. The van der Waals surface area contributed by atoms with E-state index in [-0.39, 0.29) is 35.6 Å². The number of benzene rings is 1. The van der Waals surface area contributed by atoms with Crippen molar-refractivity contribution in [1.82, 2.24) is 19.6 Å². The summed E-state index contributed by atoms with van der Waals surface area (Å²) >= 11 is 5.90. The minimum atomic E-state index is -4.79. The molecule has 2 heterocycles. The van der Waals surface area contributed by atoms with Crippen LogP contribution in [-0.4, -0.2) is 57.6 Å². The fourth-order valence-corrected chi connectivity index (χ4v) is 3.98. The second-order valence-corrected chi connectivity index (χ2v) is 7.98. The zero-order valence-corrected chi connectivity index (χ0v) is 16.8. The van der Waals surface area contributed by atoms with E-state index in [9.17, 15) is 22.8 Å². The standard InChI is InChI=1S/C20H20ClF3N4O2/c21-14-5-2-6-15(11-14)28-17(20(22,23)24)16(12-25-28)19(30)27-9-7-26(8-10-27)18(29)13-3-1-4-13/h2,5-6,11-13H,1,3-4,7-10H2. The van der Waals surface area contributed by atoms with Gasteiger partial charge in [-0.05, 0) is 31.0 Å².